The predicted molar refractivity (Wildman–Crippen MR) is 178 cm³/mol. The number of pyridine rings is 1. The summed E-state index contributed by atoms with van der Waals surface area (Å²) in [5.41, 5.74) is 9.68. The lowest BCUT2D eigenvalue weighted by atomic mass is 9.85. The molecule has 0 unspecified atom stereocenters. The number of nitrogens with zero attached hydrogens (tertiary/aromatic N) is 1. The molecule has 196 valence electrons. The molecule has 0 atom stereocenters. The Morgan fingerprint density at radius 1 is 0.310 bits per heavy atom. The summed E-state index contributed by atoms with van der Waals surface area (Å²) in [7, 11) is 0. The lowest BCUT2D eigenvalue weighted by Crippen LogP contribution is -1.93. The first-order valence-electron chi connectivity index (χ1n) is 14.4. The third-order valence-corrected chi connectivity index (χ3v) is 8.30. The third-order valence-electron chi connectivity index (χ3n) is 8.30. The second-order valence-corrected chi connectivity index (χ2v) is 10.8. The molecule has 0 amide bonds. The maximum absolute atomic E-state index is 4.65. The van der Waals surface area contributed by atoms with Crippen LogP contribution in [0.15, 0.2) is 164 Å². The smallest absolute Gasteiger partial charge is 0.0353 e. The van der Waals surface area contributed by atoms with Gasteiger partial charge >= 0.3 is 0 Å². The van der Waals surface area contributed by atoms with Crippen LogP contribution < -0.4 is 0 Å². The van der Waals surface area contributed by atoms with Crippen LogP contribution in [0.4, 0.5) is 0 Å². The molecule has 8 rings (SSSR count). The minimum Gasteiger partial charge on any atom is -0.264 e. The lowest BCUT2D eigenvalue weighted by molar-refractivity contribution is 1.37. The summed E-state index contributed by atoms with van der Waals surface area (Å²) < 4.78 is 0. The third kappa shape index (κ3) is 4.15. The molecule has 0 fully saturated rings. The second-order valence-electron chi connectivity index (χ2n) is 10.8. The van der Waals surface area contributed by atoms with Gasteiger partial charge in [-0.2, -0.15) is 0 Å². The Bertz CT molecular complexity index is 2120. The zero-order chi connectivity index (χ0) is 27.9. The van der Waals surface area contributed by atoms with Gasteiger partial charge in [0.15, 0.2) is 0 Å². The van der Waals surface area contributed by atoms with Gasteiger partial charge in [0.05, 0.1) is 0 Å². The van der Waals surface area contributed by atoms with Crippen molar-refractivity contribution in [3.63, 3.8) is 0 Å². The molecular weight excluding hydrogens is 506 g/mol. The molecule has 1 nitrogen and oxygen atoms in total. The molecular formula is C41H27N. The average Bonchev–Trinajstić information content (AvgIpc) is 3.07. The normalized spacial score (nSPS) is 11.3. The van der Waals surface area contributed by atoms with E-state index in [1.807, 2.05) is 12.4 Å². The lowest BCUT2D eigenvalue weighted by Gasteiger charge is -2.19. The van der Waals surface area contributed by atoms with Crippen molar-refractivity contribution in [2.24, 2.45) is 0 Å². The quantitative estimate of drug-likeness (QED) is 0.205. The highest BCUT2D eigenvalue weighted by Crippen LogP contribution is 2.45. The molecule has 0 aliphatic carbocycles. The molecule has 0 saturated carbocycles. The van der Waals surface area contributed by atoms with Crippen molar-refractivity contribution in [3.8, 4) is 44.5 Å². The van der Waals surface area contributed by atoms with E-state index in [0.29, 0.717) is 0 Å². The Labute approximate surface area is 245 Å². The van der Waals surface area contributed by atoms with E-state index in [9.17, 15) is 0 Å². The first-order valence-corrected chi connectivity index (χ1v) is 14.4. The van der Waals surface area contributed by atoms with Gasteiger partial charge in [-0.05, 0) is 102 Å². The average molecular weight is 534 g/mol. The fraction of sp³-hybridized carbons (Fsp3) is 0. The first kappa shape index (κ1) is 24.3. The van der Waals surface area contributed by atoms with Crippen LogP contribution in [0.1, 0.15) is 0 Å². The van der Waals surface area contributed by atoms with Gasteiger partial charge in [0, 0.05) is 17.8 Å². The van der Waals surface area contributed by atoms with Crippen molar-refractivity contribution in [2.45, 2.75) is 0 Å². The van der Waals surface area contributed by atoms with E-state index in [0.717, 1.165) is 5.39 Å². The Morgan fingerprint density at radius 2 is 0.833 bits per heavy atom. The van der Waals surface area contributed by atoms with Crippen molar-refractivity contribution >= 4 is 32.3 Å². The zero-order valence-electron chi connectivity index (χ0n) is 23.0. The molecule has 0 radical (unpaired) electrons. The van der Waals surface area contributed by atoms with Crippen molar-refractivity contribution in [2.75, 3.05) is 0 Å². The van der Waals surface area contributed by atoms with Crippen LogP contribution in [-0.4, -0.2) is 4.98 Å². The highest BCUT2D eigenvalue weighted by Gasteiger charge is 2.18. The minimum absolute atomic E-state index is 1.16. The second kappa shape index (κ2) is 10.1. The van der Waals surface area contributed by atoms with Crippen LogP contribution in [0.2, 0.25) is 0 Å². The van der Waals surface area contributed by atoms with E-state index in [2.05, 4.69) is 157 Å². The number of rotatable bonds is 4. The molecule has 7 aromatic carbocycles. The van der Waals surface area contributed by atoms with Crippen molar-refractivity contribution in [1.29, 1.82) is 0 Å². The maximum atomic E-state index is 4.65. The highest BCUT2D eigenvalue weighted by atomic mass is 14.6. The van der Waals surface area contributed by atoms with Crippen LogP contribution in [-0.2, 0) is 0 Å². The Kier molecular flexibility index (Phi) is 5.86. The summed E-state index contributed by atoms with van der Waals surface area (Å²) in [6, 6.07) is 54.7. The molecule has 0 bridgehead atoms. The van der Waals surface area contributed by atoms with Gasteiger partial charge < -0.3 is 0 Å². The van der Waals surface area contributed by atoms with Gasteiger partial charge in [-0.25, -0.2) is 0 Å². The topological polar surface area (TPSA) is 12.9 Å². The molecule has 8 aromatic rings. The fourth-order valence-corrected chi connectivity index (χ4v) is 6.35. The van der Waals surface area contributed by atoms with E-state index in [1.54, 1.807) is 0 Å². The summed E-state index contributed by atoms with van der Waals surface area (Å²) >= 11 is 0. The van der Waals surface area contributed by atoms with E-state index in [-0.39, 0.29) is 0 Å². The van der Waals surface area contributed by atoms with Crippen molar-refractivity contribution < 1.29 is 0 Å². The van der Waals surface area contributed by atoms with E-state index < -0.39 is 0 Å². The van der Waals surface area contributed by atoms with E-state index in [1.165, 1.54) is 71.4 Å². The molecule has 0 aliphatic heterocycles. The van der Waals surface area contributed by atoms with E-state index >= 15 is 0 Å². The standard InChI is InChI=1S/C41H27N/c1-3-11-28(12-4-1)33-24-34(29-13-5-2-6-14-29)26-35(25-33)41-37-18-10-9-17-36(37)40(38-21-22-42-27-39(38)41)32-20-19-30-15-7-8-16-31(30)23-32/h1-27H. The van der Waals surface area contributed by atoms with Crippen LogP contribution in [0.3, 0.4) is 0 Å². The predicted octanol–water partition coefficient (Wildman–Crippen LogP) is 11.2. The monoisotopic (exact) mass is 533 g/mol. The summed E-state index contributed by atoms with van der Waals surface area (Å²) in [6.45, 7) is 0. The van der Waals surface area contributed by atoms with Crippen LogP contribution in [0.25, 0.3) is 76.8 Å². The Morgan fingerprint density at radius 3 is 1.50 bits per heavy atom. The summed E-state index contributed by atoms with van der Waals surface area (Å²) in [5.74, 6) is 0. The molecule has 0 spiro atoms. The molecule has 42 heavy (non-hydrogen) atoms. The van der Waals surface area contributed by atoms with Crippen molar-refractivity contribution in [3.05, 3.63) is 164 Å². The van der Waals surface area contributed by atoms with Gasteiger partial charge in [-0.3, -0.25) is 4.98 Å². The SMILES string of the molecule is c1ccc(-c2cc(-c3ccccc3)cc(-c3c4ccccc4c(-c4ccc5ccccc5c4)c4ccncc34)c2)cc1. The molecule has 0 N–H and O–H groups in total. The molecule has 0 saturated heterocycles. The van der Waals surface area contributed by atoms with Gasteiger partial charge in [0.25, 0.3) is 0 Å². The summed E-state index contributed by atoms with van der Waals surface area (Å²) in [5, 5.41) is 7.33. The minimum atomic E-state index is 1.16. The van der Waals surface area contributed by atoms with Crippen molar-refractivity contribution in [1.82, 2.24) is 4.98 Å². The highest BCUT2D eigenvalue weighted by molar-refractivity contribution is 6.21. The molecule has 1 aromatic heterocycles. The number of aromatic nitrogens is 1. The number of hydrogen-bond donors (Lipinski definition) is 0. The number of benzene rings is 7. The van der Waals surface area contributed by atoms with E-state index in [4.69, 9.17) is 0 Å². The maximum Gasteiger partial charge on any atom is 0.0353 e. The fourth-order valence-electron chi connectivity index (χ4n) is 6.35. The zero-order valence-corrected chi connectivity index (χ0v) is 23.0. The summed E-state index contributed by atoms with van der Waals surface area (Å²) in [6.07, 6.45) is 3.96. The largest absolute Gasteiger partial charge is 0.264 e. The van der Waals surface area contributed by atoms with Crippen LogP contribution in [0.5, 0.6) is 0 Å². The van der Waals surface area contributed by atoms with Gasteiger partial charge in [-0.1, -0.05) is 121 Å². The Hall–Kier alpha value is -5.53. The number of fused-ring (bicyclic) bond motifs is 3. The number of hydrogen-bond acceptors (Lipinski definition) is 1. The van der Waals surface area contributed by atoms with Gasteiger partial charge in [0.2, 0.25) is 0 Å². The molecule has 0 aliphatic rings. The van der Waals surface area contributed by atoms with Gasteiger partial charge in [0.1, 0.15) is 0 Å². The van der Waals surface area contributed by atoms with Crippen LogP contribution >= 0.6 is 0 Å². The molecule has 1 heteroatoms. The van der Waals surface area contributed by atoms with Crippen LogP contribution in [0, 0.1) is 0 Å². The Balaban J connectivity index is 1.46. The first-order chi connectivity index (χ1) is 20.8. The molecule has 1 heterocycles. The van der Waals surface area contributed by atoms with Gasteiger partial charge in [-0.15, -0.1) is 0 Å². The summed E-state index contributed by atoms with van der Waals surface area (Å²) in [4.78, 5) is 4.65.